The molecule has 0 saturated carbocycles. The number of β-amino-alcohol motifs (C(OH)–C–C–N with tert-alkyl or cyclic N) is 1. The van der Waals surface area contributed by atoms with Crippen LogP contribution in [0.1, 0.15) is 16.6 Å². The Balaban J connectivity index is 1.57. The summed E-state index contributed by atoms with van der Waals surface area (Å²) in [5.41, 5.74) is 2.76. The number of nitrogens with zero attached hydrogens (tertiary/aromatic N) is 2. The zero-order valence-electron chi connectivity index (χ0n) is 22.2. The molecule has 1 saturated heterocycles. The van der Waals surface area contributed by atoms with E-state index in [4.69, 9.17) is 15.0 Å². The minimum absolute atomic E-state index is 0.0644. The van der Waals surface area contributed by atoms with Crippen LogP contribution in [-0.4, -0.2) is 79.8 Å². The van der Waals surface area contributed by atoms with Gasteiger partial charge >= 0.3 is 0 Å². The van der Waals surface area contributed by atoms with Gasteiger partial charge in [-0.05, 0) is 37.1 Å². The molecule has 1 aliphatic rings. The van der Waals surface area contributed by atoms with Gasteiger partial charge in [-0.15, -0.1) is 0 Å². The first-order valence-electron chi connectivity index (χ1n) is 12.3. The molecule has 7 nitrogen and oxygen atoms in total. The van der Waals surface area contributed by atoms with E-state index in [0.29, 0.717) is 13.1 Å². The van der Waals surface area contributed by atoms with Gasteiger partial charge in [-0.3, -0.25) is 14.6 Å². The number of nitrogens with one attached hydrogen (secondary N) is 1. The van der Waals surface area contributed by atoms with E-state index in [9.17, 15) is 9.90 Å². The predicted octanol–water partition coefficient (Wildman–Crippen LogP) is 2.31. The molecule has 2 aromatic rings. The van der Waals surface area contributed by atoms with Gasteiger partial charge < -0.3 is 19.9 Å². The average molecular weight is 432 g/mol. The fraction of sp³-hybridized carbons (Fsp3) is 0.458. The summed E-state index contributed by atoms with van der Waals surface area (Å²) in [4.78, 5) is 15.9. The van der Waals surface area contributed by atoms with Crippen molar-refractivity contribution in [3.63, 3.8) is 0 Å². The van der Waals surface area contributed by atoms with Crippen molar-refractivity contribution < 1.29 is 24.9 Å². The van der Waals surface area contributed by atoms with Gasteiger partial charge in [-0.1, -0.05) is 30.3 Å². The van der Waals surface area contributed by atoms with Gasteiger partial charge in [-0.2, -0.15) is 0 Å². The lowest BCUT2D eigenvalue weighted by Gasteiger charge is -2.35. The molecule has 1 atom stereocenters. The van der Waals surface area contributed by atoms with Crippen molar-refractivity contribution in [3.8, 4) is 11.5 Å². The van der Waals surface area contributed by atoms with E-state index < -0.39 is 19.2 Å². The Bertz CT molecular complexity index is 1010. The molecule has 168 valence electrons. The van der Waals surface area contributed by atoms with Crippen LogP contribution >= 0.6 is 0 Å². The van der Waals surface area contributed by atoms with Gasteiger partial charge in [0.2, 0.25) is 5.91 Å². The fourth-order valence-electron chi connectivity index (χ4n) is 3.45. The zero-order valence-corrected chi connectivity index (χ0v) is 18.2. The summed E-state index contributed by atoms with van der Waals surface area (Å²) in [6.07, 6.45) is -2.10. The summed E-state index contributed by atoms with van der Waals surface area (Å²) in [7, 11) is 1.41. The van der Waals surface area contributed by atoms with E-state index in [0.717, 1.165) is 16.8 Å². The smallest absolute Gasteiger partial charge is 0.238 e. The molecule has 2 aromatic carbocycles. The first-order valence-corrected chi connectivity index (χ1v) is 10.3. The molecule has 0 aliphatic carbocycles. The largest absolute Gasteiger partial charge is 0.493 e. The van der Waals surface area contributed by atoms with Crippen molar-refractivity contribution in [2.24, 2.45) is 0 Å². The number of aliphatic hydroxyl groups excluding tert-OH is 1. The van der Waals surface area contributed by atoms with Crippen LogP contribution in [0.3, 0.4) is 0 Å². The maximum absolute atomic E-state index is 12.6. The van der Waals surface area contributed by atoms with Crippen LogP contribution in [0.2, 0.25) is 0 Å². The minimum atomic E-state index is -2.72. The Morgan fingerprint density at radius 3 is 2.32 bits per heavy atom. The van der Waals surface area contributed by atoms with Gasteiger partial charge in [0.15, 0.2) is 11.5 Å². The third-order valence-electron chi connectivity index (χ3n) is 5.14. The van der Waals surface area contributed by atoms with Crippen LogP contribution in [0.15, 0.2) is 42.5 Å². The van der Waals surface area contributed by atoms with Gasteiger partial charge in [0, 0.05) is 41.1 Å². The molecule has 1 aliphatic heterocycles. The molecule has 1 amide bonds. The number of aliphatic hydroxyl groups is 1. The van der Waals surface area contributed by atoms with Gasteiger partial charge in [0.25, 0.3) is 0 Å². The Morgan fingerprint density at radius 1 is 1.06 bits per heavy atom. The number of ether oxygens (including phenoxy) is 2. The number of rotatable bonds is 9. The van der Waals surface area contributed by atoms with Crippen LogP contribution < -0.4 is 14.8 Å². The first-order chi connectivity index (χ1) is 16.5. The highest BCUT2D eigenvalue weighted by Crippen LogP contribution is 2.25. The average Bonchev–Trinajstić information content (AvgIpc) is 2.81. The Kier molecular flexibility index (Phi) is 6.47. The van der Waals surface area contributed by atoms with Gasteiger partial charge in [-0.25, -0.2) is 0 Å². The maximum Gasteiger partial charge on any atom is 0.238 e. The number of hydrogen-bond donors (Lipinski definition) is 2. The van der Waals surface area contributed by atoms with Crippen LogP contribution in [-0.2, 0) is 4.79 Å². The van der Waals surface area contributed by atoms with E-state index in [1.807, 2.05) is 36.9 Å². The highest BCUT2D eigenvalue weighted by Gasteiger charge is 2.21. The number of carbonyl (C=O) groups is 1. The Hall–Kier alpha value is -2.61. The summed E-state index contributed by atoms with van der Waals surface area (Å²) in [6.45, 7) is 0.113. The molecule has 0 radical (unpaired) electrons. The van der Waals surface area contributed by atoms with Crippen molar-refractivity contribution in [2.75, 3.05) is 58.2 Å². The molecule has 31 heavy (non-hydrogen) atoms. The van der Waals surface area contributed by atoms with Gasteiger partial charge in [0.1, 0.15) is 12.7 Å². The quantitative estimate of drug-likeness (QED) is 0.635. The van der Waals surface area contributed by atoms with E-state index in [2.05, 4.69) is 5.32 Å². The van der Waals surface area contributed by atoms with Crippen LogP contribution in [0.5, 0.6) is 11.5 Å². The number of benzene rings is 2. The fourth-order valence-corrected chi connectivity index (χ4v) is 3.45. The molecule has 1 fully saturated rings. The maximum atomic E-state index is 12.6. The number of amides is 1. The van der Waals surface area contributed by atoms with Crippen molar-refractivity contribution in [3.05, 3.63) is 53.6 Å². The number of piperazine rings is 1. The van der Waals surface area contributed by atoms with Crippen LogP contribution in [0.4, 0.5) is 5.69 Å². The lowest BCUT2D eigenvalue weighted by atomic mass is 10.1. The van der Waals surface area contributed by atoms with E-state index in [-0.39, 0.29) is 37.0 Å². The monoisotopic (exact) mass is 431 g/mol. The van der Waals surface area contributed by atoms with E-state index in [1.54, 1.807) is 18.2 Å². The molecule has 3 rings (SSSR count). The molecule has 2 N–H and O–H groups in total. The summed E-state index contributed by atoms with van der Waals surface area (Å²) in [6, 6.07) is 12.2. The van der Waals surface area contributed by atoms with Crippen LogP contribution in [0.25, 0.3) is 0 Å². The molecule has 0 spiro atoms. The van der Waals surface area contributed by atoms with Crippen molar-refractivity contribution in [2.45, 2.75) is 20.0 Å². The second-order valence-electron chi connectivity index (χ2n) is 7.48. The van der Waals surface area contributed by atoms with E-state index in [1.165, 1.54) is 18.1 Å². The van der Waals surface area contributed by atoms with Crippen molar-refractivity contribution in [1.29, 1.82) is 0 Å². The van der Waals surface area contributed by atoms with Crippen LogP contribution in [0, 0.1) is 13.8 Å². The lowest BCUT2D eigenvalue weighted by molar-refractivity contribution is -0.117. The molecule has 1 heterocycles. The summed E-state index contributed by atoms with van der Waals surface area (Å²) < 4.78 is 43.8. The standard InChI is InChI=1S/C24H33N3O4/c1-18-7-6-8-19(2)24(18)25-23(29)16-27-13-11-26(12-14-27)15-20(28)17-31-22-10-5-4-9-21(22)30-3/h4-10,20,28H,11-17H2,1-3H3,(H,25,29)/i15D2,17D2. The second-order valence-corrected chi connectivity index (χ2v) is 7.48. The molecular weight excluding hydrogens is 394 g/mol. The third-order valence-corrected chi connectivity index (χ3v) is 5.14. The minimum Gasteiger partial charge on any atom is -0.493 e. The normalized spacial score (nSPS) is 18.8. The van der Waals surface area contributed by atoms with Crippen molar-refractivity contribution >= 4 is 11.6 Å². The molecule has 0 bridgehead atoms. The Morgan fingerprint density at radius 2 is 1.68 bits per heavy atom. The van der Waals surface area contributed by atoms with Gasteiger partial charge in [0.05, 0.1) is 16.4 Å². The topological polar surface area (TPSA) is 74.3 Å². The number of aryl methyl sites for hydroxylation is 2. The third kappa shape index (κ3) is 6.69. The first kappa shape index (κ1) is 18.0. The number of methoxy groups -OCH3 is 1. The number of anilines is 1. The number of carbonyl (C=O) groups excluding carboxylic acids is 1. The van der Waals surface area contributed by atoms with E-state index >= 15 is 0 Å². The Labute approximate surface area is 190 Å². The second kappa shape index (κ2) is 11.1. The zero-order chi connectivity index (χ0) is 25.8. The molecule has 7 heteroatoms. The predicted molar refractivity (Wildman–Crippen MR) is 122 cm³/mol. The summed E-state index contributed by atoms with van der Waals surface area (Å²) in [5, 5.41) is 13.6. The molecular formula is C24H33N3O4. The van der Waals surface area contributed by atoms with Crippen molar-refractivity contribution in [1.82, 2.24) is 9.80 Å². The number of hydrogen-bond acceptors (Lipinski definition) is 6. The summed E-state index contributed by atoms with van der Waals surface area (Å²) >= 11 is 0. The number of para-hydroxylation sites is 3. The summed E-state index contributed by atoms with van der Waals surface area (Å²) in [5.74, 6) is 0.187. The highest BCUT2D eigenvalue weighted by atomic mass is 16.5. The highest BCUT2D eigenvalue weighted by molar-refractivity contribution is 5.93. The molecule has 1 unspecified atom stereocenters. The SMILES string of the molecule is [2H]C([2H])(Oc1ccccc1OC)C(O)C([2H])([2H])N1CCN(CC(=O)Nc2c(C)cccc2C)CC1. The molecule has 0 aromatic heterocycles. The lowest BCUT2D eigenvalue weighted by Crippen LogP contribution is -2.50.